The third-order valence-electron chi connectivity index (χ3n) is 6.00. The second-order valence-corrected chi connectivity index (χ2v) is 9.14. The number of carboxylic acids is 1. The summed E-state index contributed by atoms with van der Waals surface area (Å²) in [5, 5.41) is 23.8. The summed E-state index contributed by atoms with van der Waals surface area (Å²) in [6.45, 7) is 5.61. The summed E-state index contributed by atoms with van der Waals surface area (Å²) < 4.78 is 11.2. The summed E-state index contributed by atoms with van der Waals surface area (Å²) in [7, 11) is 0. The van der Waals surface area contributed by atoms with Gasteiger partial charge in [0.05, 0.1) is 17.9 Å². The van der Waals surface area contributed by atoms with Crippen LogP contribution in [0.4, 0.5) is 0 Å². The maximum atomic E-state index is 11.8. The first kappa shape index (κ1) is 29.2. The lowest BCUT2D eigenvalue weighted by molar-refractivity contribution is -0.139. The number of nitrogens with zero attached hydrogens (tertiary/aromatic N) is 1. The van der Waals surface area contributed by atoms with Gasteiger partial charge in [-0.15, -0.1) is 0 Å². The molecule has 0 heterocycles. The maximum Gasteiger partial charge on any atom is 0.341 e. The second-order valence-electron chi connectivity index (χ2n) is 9.14. The molecule has 0 fully saturated rings. The predicted molar refractivity (Wildman–Crippen MR) is 149 cm³/mol. The average Bonchev–Trinajstić information content (AvgIpc) is 2.91. The minimum Gasteiger partial charge on any atom is -0.507 e. The molecule has 8 nitrogen and oxygen atoms in total. The number of phenols is 1. The number of hydrogen-bond acceptors (Lipinski definition) is 7. The van der Waals surface area contributed by atoms with Crippen LogP contribution in [0, 0.1) is 6.92 Å². The molecule has 8 heteroatoms. The summed E-state index contributed by atoms with van der Waals surface area (Å²) >= 11 is 0. The highest BCUT2D eigenvalue weighted by atomic mass is 16.6. The zero-order valence-corrected chi connectivity index (χ0v) is 22.6. The molecule has 0 atom stereocenters. The first-order valence-electron chi connectivity index (χ1n) is 13.0. The normalized spacial score (nSPS) is 11.2. The standard InChI is InChI=1S/C31H35NO7/c1-4-9-26-29(15-13-25(22(3)33)31(26)36)37-16-8-17-39-32-27(24-10-6-5-7-11-24)19-23-12-14-28(21(2)18-23)38-20-30(34)35/h5-7,10-15,18,36H,4,8-9,16-17,19-20H2,1-3H3,(H,34,35). The molecule has 3 aromatic carbocycles. The van der Waals surface area contributed by atoms with Crippen LogP contribution in [0.1, 0.15) is 59.3 Å². The van der Waals surface area contributed by atoms with Crippen LogP contribution in [0.2, 0.25) is 0 Å². The monoisotopic (exact) mass is 533 g/mol. The zero-order chi connectivity index (χ0) is 28.2. The summed E-state index contributed by atoms with van der Waals surface area (Å²) in [5.41, 5.74) is 4.46. The van der Waals surface area contributed by atoms with Crippen LogP contribution in [-0.4, -0.2) is 47.5 Å². The Morgan fingerprint density at radius 2 is 1.69 bits per heavy atom. The second kappa shape index (κ2) is 14.6. The SMILES string of the molecule is CCCc1c(OCCCON=C(Cc2ccc(OCC(=O)O)c(C)c2)c2ccccc2)ccc(C(C)=O)c1O. The smallest absolute Gasteiger partial charge is 0.341 e. The minimum atomic E-state index is -1.02. The summed E-state index contributed by atoms with van der Waals surface area (Å²) in [5.74, 6) is -0.118. The van der Waals surface area contributed by atoms with E-state index in [-0.39, 0.29) is 18.1 Å². The van der Waals surface area contributed by atoms with E-state index < -0.39 is 5.97 Å². The zero-order valence-electron chi connectivity index (χ0n) is 22.6. The van der Waals surface area contributed by atoms with Crippen LogP contribution in [0.3, 0.4) is 0 Å². The van der Waals surface area contributed by atoms with Gasteiger partial charge in [0.2, 0.25) is 0 Å². The van der Waals surface area contributed by atoms with Gasteiger partial charge >= 0.3 is 5.97 Å². The van der Waals surface area contributed by atoms with Gasteiger partial charge in [-0.05, 0) is 55.2 Å². The van der Waals surface area contributed by atoms with Gasteiger partial charge in [0.25, 0.3) is 0 Å². The lowest BCUT2D eigenvalue weighted by Crippen LogP contribution is -2.11. The molecule has 2 N–H and O–H groups in total. The number of oxime groups is 1. The molecule has 0 unspecified atom stereocenters. The van der Waals surface area contributed by atoms with Crippen molar-refractivity contribution in [1.82, 2.24) is 0 Å². The third-order valence-corrected chi connectivity index (χ3v) is 6.00. The Morgan fingerprint density at radius 1 is 0.949 bits per heavy atom. The Hall–Kier alpha value is -4.33. The molecule has 0 saturated carbocycles. The van der Waals surface area contributed by atoms with Crippen molar-refractivity contribution >= 4 is 17.5 Å². The van der Waals surface area contributed by atoms with Crippen LogP contribution in [0.15, 0.2) is 65.8 Å². The molecule has 3 rings (SSSR count). The van der Waals surface area contributed by atoms with E-state index in [1.807, 2.05) is 56.3 Å². The van der Waals surface area contributed by atoms with Crippen molar-refractivity contribution in [1.29, 1.82) is 0 Å². The largest absolute Gasteiger partial charge is 0.507 e. The van der Waals surface area contributed by atoms with Gasteiger partial charge in [-0.1, -0.05) is 61.0 Å². The number of aliphatic carboxylic acids is 1. The third kappa shape index (κ3) is 8.60. The van der Waals surface area contributed by atoms with Gasteiger partial charge < -0.3 is 24.5 Å². The number of aryl methyl sites for hydroxylation is 1. The van der Waals surface area contributed by atoms with Crippen LogP contribution in [0.5, 0.6) is 17.2 Å². The maximum absolute atomic E-state index is 11.8. The van der Waals surface area contributed by atoms with E-state index in [9.17, 15) is 14.7 Å². The number of carbonyl (C=O) groups excluding carboxylic acids is 1. The van der Waals surface area contributed by atoms with Crippen LogP contribution in [-0.2, 0) is 22.5 Å². The molecule has 0 radical (unpaired) electrons. The van der Waals surface area contributed by atoms with Crippen molar-refractivity contribution in [2.24, 2.45) is 5.16 Å². The Morgan fingerprint density at radius 3 is 2.36 bits per heavy atom. The summed E-state index contributed by atoms with van der Waals surface area (Å²) in [4.78, 5) is 28.2. The van der Waals surface area contributed by atoms with Gasteiger partial charge in [0.1, 0.15) is 23.9 Å². The highest BCUT2D eigenvalue weighted by molar-refractivity contribution is 6.01. The molecule has 0 aliphatic heterocycles. The quantitative estimate of drug-likeness (QED) is 0.111. The van der Waals surface area contributed by atoms with Gasteiger partial charge in [0.15, 0.2) is 12.4 Å². The number of Topliss-reactive ketones (excluding diaryl/α,β-unsaturated/α-hetero) is 1. The van der Waals surface area contributed by atoms with Gasteiger partial charge in [-0.25, -0.2) is 4.79 Å². The molecular weight excluding hydrogens is 498 g/mol. The highest BCUT2D eigenvalue weighted by Gasteiger charge is 2.16. The van der Waals surface area contributed by atoms with E-state index >= 15 is 0 Å². The average molecular weight is 534 g/mol. The number of ether oxygens (including phenoxy) is 2. The number of aromatic hydroxyl groups is 1. The number of benzene rings is 3. The number of phenolic OH excluding ortho intramolecular Hbond substituents is 1. The number of ketones is 1. The van der Waals surface area contributed by atoms with E-state index in [0.29, 0.717) is 55.1 Å². The molecule has 0 bridgehead atoms. The Balaban J connectivity index is 1.62. The molecule has 0 saturated heterocycles. The van der Waals surface area contributed by atoms with Crippen molar-refractivity contribution < 1.29 is 34.1 Å². The molecule has 206 valence electrons. The van der Waals surface area contributed by atoms with E-state index in [1.54, 1.807) is 18.2 Å². The predicted octanol–water partition coefficient (Wildman–Crippen LogP) is 5.75. The van der Waals surface area contributed by atoms with Crippen LogP contribution < -0.4 is 9.47 Å². The van der Waals surface area contributed by atoms with Crippen molar-refractivity contribution in [3.63, 3.8) is 0 Å². The minimum absolute atomic E-state index is 0.00748. The Kier molecular flexibility index (Phi) is 10.9. The number of hydrogen-bond donors (Lipinski definition) is 2. The Labute approximate surface area is 228 Å². The van der Waals surface area contributed by atoms with Crippen molar-refractivity contribution in [2.45, 2.75) is 46.5 Å². The highest BCUT2D eigenvalue weighted by Crippen LogP contribution is 2.33. The molecule has 0 aromatic heterocycles. The fraction of sp³-hybridized carbons (Fsp3) is 0.323. The molecular formula is C31H35NO7. The Bertz CT molecular complexity index is 1300. The fourth-order valence-corrected chi connectivity index (χ4v) is 4.09. The number of carbonyl (C=O) groups is 2. The van der Waals surface area contributed by atoms with Crippen molar-refractivity contribution in [2.75, 3.05) is 19.8 Å². The van der Waals surface area contributed by atoms with Crippen molar-refractivity contribution in [3.8, 4) is 17.2 Å². The molecule has 39 heavy (non-hydrogen) atoms. The van der Waals surface area contributed by atoms with Crippen molar-refractivity contribution in [3.05, 3.63) is 88.5 Å². The van der Waals surface area contributed by atoms with Crippen LogP contribution in [0.25, 0.3) is 0 Å². The van der Waals surface area contributed by atoms with Gasteiger partial charge in [-0.3, -0.25) is 4.79 Å². The molecule has 0 amide bonds. The fourth-order valence-electron chi connectivity index (χ4n) is 4.09. The molecule has 0 aliphatic rings. The summed E-state index contributed by atoms with van der Waals surface area (Å²) in [6, 6.07) is 18.7. The van der Waals surface area contributed by atoms with Gasteiger partial charge in [0, 0.05) is 18.4 Å². The molecule has 0 spiro atoms. The topological polar surface area (TPSA) is 115 Å². The first-order valence-corrected chi connectivity index (χ1v) is 13.0. The van der Waals surface area contributed by atoms with Crippen LogP contribution >= 0.6 is 0 Å². The van der Waals surface area contributed by atoms with E-state index in [2.05, 4.69) is 5.16 Å². The summed E-state index contributed by atoms with van der Waals surface area (Å²) in [6.07, 6.45) is 2.50. The van der Waals surface area contributed by atoms with E-state index in [1.165, 1.54) is 6.92 Å². The van der Waals surface area contributed by atoms with E-state index in [0.717, 1.165) is 28.8 Å². The van der Waals surface area contributed by atoms with Gasteiger partial charge in [-0.2, -0.15) is 0 Å². The number of rotatable bonds is 15. The lowest BCUT2D eigenvalue weighted by Gasteiger charge is -2.14. The molecule has 3 aromatic rings. The van der Waals surface area contributed by atoms with E-state index in [4.69, 9.17) is 19.4 Å². The number of carboxylic acid groups (broad SMARTS) is 1. The lowest BCUT2D eigenvalue weighted by atomic mass is 10.0. The molecule has 0 aliphatic carbocycles. The first-order chi connectivity index (χ1) is 18.8.